The zero-order valence-corrected chi connectivity index (χ0v) is 14.6. The Morgan fingerprint density at radius 2 is 2.09 bits per heavy atom. The van der Waals surface area contributed by atoms with Crippen LogP contribution in [-0.2, 0) is 9.47 Å². The molecule has 4 N–H and O–H groups in total. The summed E-state index contributed by atoms with van der Waals surface area (Å²) in [7, 11) is 0. The molecule has 0 saturated carbocycles. The maximum atomic E-state index is 11.7. The predicted octanol–water partition coefficient (Wildman–Crippen LogP) is 2.04. The van der Waals surface area contributed by atoms with E-state index < -0.39 is 5.69 Å². The normalized spacial score (nSPS) is 19.0. The lowest BCUT2D eigenvalue weighted by atomic mass is 10.2. The van der Waals surface area contributed by atoms with Crippen LogP contribution in [0.3, 0.4) is 0 Å². The summed E-state index contributed by atoms with van der Waals surface area (Å²) in [4.78, 5) is 15.4. The van der Waals surface area contributed by atoms with E-state index in [1.807, 2.05) is 27.7 Å². The third kappa shape index (κ3) is 6.83. The van der Waals surface area contributed by atoms with Crippen molar-refractivity contribution in [2.75, 3.05) is 18.9 Å². The highest BCUT2D eigenvalue weighted by molar-refractivity contribution is 5.23. The molecule has 1 aromatic heterocycles. The fraction of sp³-hybridized carbons (Fsp3) is 0.625. The summed E-state index contributed by atoms with van der Waals surface area (Å²) in [5.41, 5.74) is 10.4. The molecule has 2 unspecified atom stereocenters. The van der Waals surface area contributed by atoms with Gasteiger partial charge < -0.3 is 20.9 Å². The summed E-state index contributed by atoms with van der Waals surface area (Å²) in [6, 6.07) is 1.57. The largest absolute Gasteiger partial charge is 0.495 e. The fourth-order valence-corrected chi connectivity index (χ4v) is 1.93. The van der Waals surface area contributed by atoms with Gasteiger partial charge in [0.25, 0.3) is 0 Å². The van der Waals surface area contributed by atoms with Gasteiger partial charge in [-0.2, -0.15) is 4.98 Å². The molecule has 1 fully saturated rings. The molecule has 1 aromatic rings. The van der Waals surface area contributed by atoms with E-state index in [0.29, 0.717) is 12.4 Å². The van der Waals surface area contributed by atoms with Gasteiger partial charge >= 0.3 is 5.69 Å². The average molecular weight is 326 g/mol. The third-order valence-corrected chi connectivity index (χ3v) is 2.95. The smallest absolute Gasteiger partial charge is 0.351 e. The van der Waals surface area contributed by atoms with Gasteiger partial charge in [0.1, 0.15) is 24.4 Å². The second kappa shape index (κ2) is 11.7. The first-order valence-corrected chi connectivity index (χ1v) is 8.11. The van der Waals surface area contributed by atoms with Crippen LogP contribution in [0.15, 0.2) is 29.4 Å². The molecule has 2 atom stereocenters. The fourth-order valence-electron chi connectivity index (χ4n) is 1.93. The van der Waals surface area contributed by atoms with Crippen LogP contribution in [0.25, 0.3) is 0 Å². The van der Waals surface area contributed by atoms with E-state index in [2.05, 4.69) is 11.6 Å². The second-order valence-electron chi connectivity index (χ2n) is 4.39. The molecular weight excluding hydrogens is 296 g/mol. The lowest BCUT2D eigenvalue weighted by Gasteiger charge is -2.16. The van der Waals surface area contributed by atoms with Gasteiger partial charge in [0.15, 0.2) is 0 Å². The summed E-state index contributed by atoms with van der Waals surface area (Å²) in [6.07, 6.45) is 2.74. The minimum atomic E-state index is -0.405. The van der Waals surface area contributed by atoms with Crippen LogP contribution >= 0.6 is 0 Å². The Morgan fingerprint density at radius 1 is 1.43 bits per heavy atom. The summed E-state index contributed by atoms with van der Waals surface area (Å²) in [6.45, 7) is 12.3. The molecule has 7 nitrogen and oxygen atoms in total. The van der Waals surface area contributed by atoms with Crippen LogP contribution in [-0.4, -0.2) is 28.8 Å². The Balaban J connectivity index is 0.00000112. The SMILES string of the molecule is C=C(CN)OCC1CCC(n2ccc(N)nc2=O)O1.CC.CC. The number of aromatic nitrogens is 2. The van der Waals surface area contributed by atoms with E-state index in [0.717, 1.165) is 12.8 Å². The van der Waals surface area contributed by atoms with Crippen LogP contribution in [0.2, 0.25) is 0 Å². The number of nitrogen functional groups attached to an aromatic ring is 1. The van der Waals surface area contributed by atoms with Gasteiger partial charge in [-0.1, -0.05) is 34.3 Å². The van der Waals surface area contributed by atoms with Crippen molar-refractivity contribution in [3.63, 3.8) is 0 Å². The Morgan fingerprint density at radius 3 is 2.65 bits per heavy atom. The molecule has 2 rings (SSSR count). The lowest BCUT2D eigenvalue weighted by molar-refractivity contribution is -0.0310. The van der Waals surface area contributed by atoms with Gasteiger partial charge in [-0.05, 0) is 18.9 Å². The highest BCUT2D eigenvalue weighted by atomic mass is 16.6. The molecule has 0 aromatic carbocycles. The van der Waals surface area contributed by atoms with Gasteiger partial charge in [0, 0.05) is 6.20 Å². The van der Waals surface area contributed by atoms with Crippen LogP contribution in [0.1, 0.15) is 46.8 Å². The average Bonchev–Trinajstić information content (AvgIpc) is 3.05. The van der Waals surface area contributed by atoms with E-state index in [4.69, 9.17) is 20.9 Å². The van der Waals surface area contributed by atoms with E-state index in [1.165, 1.54) is 4.57 Å². The van der Waals surface area contributed by atoms with Crippen molar-refractivity contribution in [1.29, 1.82) is 0 Å². The van der Waals surface area contributed by atoms with E-state index in [-0.39, 0.29) is 24.7 Å². The molecule has 1 aliphatic heterocycles. The number of nitrogens with zero attached hydrogens (tertiary/aromatic N) is 2. The van der Waals surface area contributed by atoms with Crippen LogP contribution in [0.4, 0.5) is 5.82 Å². The number of nitrogens with two attached hydrogens (primary N) is 2. The first-order valence-electron chi connectivity index (χ1n) is 8.11. The molecule has 132 valence electrons. The first-order chi connectivity index (χ1) is 11.1. The van der Waals surface area contributed by atoms with Crippen molar-refractivity contribution in [3.05, 3.63) is 35.1 Å². The Kier molecular flexibility index (Phi) is 10.7. The second-order valence-corrected chi connectivity index (χ2v) is 4.39. The molecule has 1 aliphatic rings. The Labute approximate surface area is 138 Å². The van der Waals surface area contributed by atoms with Crippen molar-refractivity contribution in [1.82, 2.24) is 9.55 Å². The first kappa shape index (κ1) is 21.1. The van der Waals surface area contributed by atoms with Crippen molar-refractivity contribution in [2.45, 2.75) is 52.9 Å². The topological polar surface area (TPSA) is 105 Å². The monoisotopic (exact) mass is 326 g/mol. The molecule has 7 heteroatoms. The number of hydrogen-bond acceptors (Lipinski definition) is 6. The quantitative estimate of drug-likeness (QED) is 0.802. The summed E-state index contributed by atoms with van der Waals surface area (Å²) < 4.78 is 12.5. The number of rotatable bonds is 5. The summed E-state index contributed by atoms with van der Waals surface area (Å²) in [5, 5.41) is 0. The van der Waals surface area contributed by atoms with Gasteiger partial charge in [0.05, 0.1) is 12.6 Å². The molecule has 0 amide bonds. The van der Waals surface area contributed by atoms with Gasteiger partial charge in [-0.15, -0.1) is 0 Å². The molecule has 0 bridgehead atoms. The predicted molar refractivity (Wildman–Crippen MR) is 92.9 cm³/mol. The molecule has 0 aliphatic carbocycles. The van der Waals surface area contributed by atoms with Crippen molar-refractivity contribution in [3.8, 4) is 0 Å². The van der Waals surface area contributed by atoms with E-state index in [1.54, 1.807) is 12.3 Å². The van der Waals surface area contributed by atoms with E-state index in [9.17, 15) is 4.79 Å². The van der Waals surface area contributed by atoms with Crippen molar-refractivity contribution >= 4 is 5.82 Å². The summed E-state index contributed by atoms with van der Waals surface area (Å²) in [5.74, 6) is 0.733. The highest BCUT2D eigenvalue weighted by Crippen LogP contribution is 2.27. The van der Waals surface area contributed by atoms with Crippen LogP contribution in [0.5, 0.6) is 0 Å². The number of ether oxygens (including phenoxy) is 2. The van der Waals surface area contributed by atoms with E-state index >= 15 is 0 Å². The Hall–Kier alpha value is -1.86. The van der Waals surface area contributed by atoms with Gasteiger partial charge in [0.2, 0.25) is 0 Å². The lowest BCUT2D eigenvalue weighted by Crippen LogP contribution is -2.28. The molecule has 2 heterocycles. The molecule has 23 heavy (non-hydrogen) atoms. The standard InChI is InChI=1S/C12H18N4O3.2C2H6/c1-8(6-13)18-7-9-2-3-11(19-9)16-5-4-10(14)15-12(16)17;2*1-2/h4-5,9,11H,1-3,6-7,13H2,(H2,14,15,17);2*1-2H3. The Bertz CT molecular complexity index is 516. The molecular formula is C16H30N4O3. The molecule has 0 spiro atoms. The number of hydrogen-bond donors (Lipinski definition) is 2. The number of anilines is 1. The zero-order chi connectivity index (χ0) is 17.8. The zero-order valence-electron chi connectivity index (χ0n) is 14.6. The van der Waals surface area contributed by atoms with Gasteiger partial charge in [-0.25, -0.2) is 4.79 Å². The van der Waals surface area contributed by atoms with Crippen LogP contribution in [0, 0.1) is 0 Å². The van der Waals surface area contributed by atoms with Gasteiger partial charge in [-0.3, -0.25) is 4.57 Å². The summed E-state index contributed by atoms with van der Waals surface area (Å²) >= 11 is 0. The van der Waals surface area contributed by atoms with Crippen LogP contribution < -0.4 is 17.2 Å². The molecule has 0 radical (unpaired) electrons. The maximum Gasteiger partial charge on any atom is 0.351 e. The minimum absolute atomic E-state index is 0.0715. The van der Waals surface area contributed by atoms with Crippen molar-refractivity contribution in [2.24, 2.45) is 5.73 Å². The maximum absolute atomic E-state index is 11.7. The minimum Gasteiger partial charge on any atom is -0.495 e. The third-order valence-electron chi connectivity index (χ3n) is 2.95. The highest BCUT2D eigenvalue weighted by Gasteiger charge is 2.27. The van der Waals surface area contributed by atoms with Crippen molar-refractivity contribution < 1.29 is 9.47 Å². The molecule has 1 saturated heterocycles.